The molecule has 0 saturated heterocycles. The van der Waals surface area contributed by atoms with Gasteiger partial charge in [-0.1, -0.05) is 23.2 Å². The first-order valence-electron chi connectivity index (χ1n) is 8.19. The van der Waals surface area contributed by atoms with E-state index in [0.29, 0.717) is 32.9 Å². The minimum atomic E-state index is -0.265. The number of halogens is 2. The molecule has 0 saturated carbocycles. The van der Waals surface area contributed by atoms with E-state index in [2.05, 4.69) is 10.6 Å². The third-order valence-corrected chi connectivity index (χ3v) is 5.23. The third kappa shape index (κ3) is 6.22. The van der Waals surface area contributed by atoms with Gasteiger partial charge in [-0.25, -0.2) is 0 Å². The summed E-state index contributed by atoms with van der Waals surface area (Å²) in [6.45, 7) is 1.83. The van der Waals surface area contributed by atoms with E-state index in [0.717, 1.165) is 5.56 Å². The molecule has 0 fully saturated rings. The molecular formula is C19H20Cl2N2O4S. The molecule has 2 aromatic carbocycles. The molecule has 0 aliphatic carbocycles. The van der Waals surface area contributed by atoms with Gasteiger partial charge in [0.1, 0.15) is 11.5 Å². The zero-order chi connectivity index (χ0) is 20.7. The molecule has 6 nitrogen and oxygen atoms in total. The zero-order valence-electron chi connectivity index (χ0n) is 15.6. The topological polar surface area (TPSA) is 76.7 Å². The zero-order valence-corrected chi connectivity index (χ0v) is 17.9. The standard InChI is InChI=1S/C19H20Cl2N2O4S/c1-11-6-14(17(27-3)8-13(11)21)22-18(24)9-28-10-19(25)23-15-7-12(20)4-5-16(15)26-2/h4-8H,9-10H2,1-3H3,(H,22,24)(H,23,25). The average Bonchev–Trinajstić information content (AvgIpc) is 2.64. The first-order chi connectivity index (χ1) is 13.3. The molecule has 0 radical (unpaired) electrons. The summed E-state index contributed by atoms with van der Waals surface area (Å²) in [5.41, 5.74) is 1.83. The third-order valence-electron chi connectivity index (χ3n) is 3.66. The molecule has 2 rings (SSSR count). The minimum Gasteiger partial charge on any atom is -0.495 e. The van der Waals surface area contributed by atoms with Gasteiger partial charge in [0.05, 0.1) is 37.1 Å². The lowest BCUT2D eigenvalue weighted by Crippen LogP contribution is -2.19. The van der Waals surface area contributed by atoms with Crippen LogP contribution in [0, 0.1) is 6.92 Å². The Balaban J connectivity index is 1.86. The van der Waals surface area contributed by atoms with Crippen molar-refractivity contribution in [3.63, 3.8) is 0 Å². The second kappa shape index (κ2) is 10.5. The van der Waals surface area contributed by atoms with Crippen LogP contribution in [0.2, 0.25) is 10.0 Å². The Morgan fingerprint density at radius 2 is 1.50 bits per heavy atom. The number of anilines is 2. The first kappa shape index (κ1) is 22.2. The summed E-state index contributed by atoms with van der Waals surface area (Å²) in [6, 6.07) is 8.32. The van der Waals surface area contributed by atoms with Gasteiger partial charge in [-0.2, -0.15) is 0 Å². The van der Waals surface area contributed by atoms with E-state index < -0.39 is 0 Å². The number of benzene rings is 2. The van der Waals surface area contributed by atoms with Crippen molar-refractivity contribution in [1.82, 2.24) is 0 Å². The molecule has 2 aromatic rings. The molecule has 9 heteroatoms. The smallest absolute Gasteiger partial charge is 0.234 e. The summed E-state index contributed by atoms with van der Waals surface area (Å²) in [7, 11) is 3.00. The van der Waals surface area contributed by atoms with Crippen LogP contribution in [-0.2, 0) is 9.59 Å². The summed E-state index contributed by atoms with van der Waals surface area (Å²) in [5.74, 6) is 0.659. The van der Waals surface area contributed by atoms with Gasteiger partial charge in [-0.05, 0) is 36.8 Å². The molecule has 0 spiro atoms. The number of ether oxygens (including phenoxy) is 2. The number of carbonyl (C=O) groups excluding carboxylic acids is 2. The maximum atomic E-state index is 12.2. The first-order valence-corrected chi connectivity index (χ1v) is 10.1. The van der Waals surface area contributed by atoms with Gasteiger partial charge in [-0.3, -0.25) is 9.59 Å². The lowest BCUT2D eigenvalue weighted by Gasteiger charge is -2.12. The minimum absolute atomic E-state index is 0.0971. The fourth-order valence-electron chi connectivity index (χ4n) is 2.32. The van der Waals surface area contributed by atoms with Crippen molar-refractivity contribution >= 4 is 58.2 Å². The Kier molecular flexibility index (Phi) is 8.29. The number of aryl methyl sites for hydroxylation is 1. The van der Waals surface area contributed by atoms with Crippen molar-refractivity contribution in [2.75, 3.05) is 36.4 Å². The molecule has 0 unspecified atom stereocenters. The van der Waals surface area contributed by atoms with E-state index in [9.17, 15) is 9.59 Å². The molecule has 28 heavy (non-hydrogen) atoms. The monoisotopic (exact) mass is 442 g/mol. The van der Waals surface area contributed by atoms with Crippen LogP contribution in [0.3, 0.4) is 0 Å². The molecule has 150 valence electrons. The van der Waals surface area contributed by atoms with E-state index in [1.807, 2.05) is 6.92 Å². The normalized spacial score (nSPS) is 10.3. The van der Waals surface area contributed by atoms with Crippen molar-refractivity contribution in [3.8, 4) is 11.5 Å². The number of hydrogen-bond donors (Lipinski definition) is 2. The number of amides is 2. The fourth-order valence-corrected chi connectivity index (χ4v) is 3.26. The van der Waals surface area contributed by atoms with Gasteiger partial charge in [-0.15, -0.1) is 11.8 Å². The highest BCUT2D eigenvalue weighted by Gasteiger charge is 2.12. The van der Waals surface area contributed by atoms with Crippen LogP contribution in [0.1, 0.15) is 5.56 Å². The Morgan fingerprint density at radius 3 is 2.07 bits per heavy atom. The van der Waals surface area contributed by atoms with Crippen LogP contribution in [-0.4, -0.2) is 37.5 Å². The highest BCUT2D eigenvalue weighted by Crippen LogP contribution is 2.31. The van der Waals surface area contributed by atoms with Crippen LogP contribution in [0.15, 0.2) is 30.3 Å². The van der Waals surface area contributed by atoms with Crippen molar-refractivity contribution < 1.29 is 19.1 Å². The van der Waals surface area contributed by atoms with Crippen molar-refractivity contribution in [1.29, 1.82) is 0 Å². The van der Waals surface area contributed by atoms with Crippen LogP contribution in [0.5, 0.6) is 11.5 Å². The largest absolute Gasteiger partial charge is 0.495 e. The van der Waals surface area contributed by atoms with Crippen molar-refractivity contribution in [2.45, 2.75) is 6.92 Å². The highest BCUT2D eigenvalue weighted by molar-refractivity contribution is 8.00. The molecule has 0 aliphatic rings. The van der Waals surface area contributed by atoms with Crippen LogP contribution >= 0.6 is 35.0 Å². The predicted octanol–water partition coefficient (Wildman–Crippen LogP) is 4.63. The van der Waals surface area contributed by atoms with Gasteiger partial charge < -0.3 is 20.1 Å². The summed E-state index contributed by atoms with van der Waals surface area (Å²) >= 11 is 13.2. The Morgan fingerprint density at radius 1 is 0.929 bits per heavy atom. The molecular weight excluding hydrogens is 423 g/mol. The number of thioether (sulfide) groups is 1. The maximum absolute atomic E-state index is 12.2. The van der Waals surface area contributed by atoms with E-state index in [-0.39, 0.29) is 23.3 Å². The van der Waals surface area contributed by atoms with E-state index in [1.165, 1.54) is 26.0 Å². The number of nitrogens with one attached hydrogen (secondary N) is 2. The SMILES string of the molecule is COc1ccc(Cl)cc1NC(=O)CSCC(=O)Nc1cc(C)c(Cl)cc1OC. The Labute approximate surface area is 177 Å². The summed E-state index contributed by atoms with van der Waals surface area (Å²) in [6.07, 6.45) is 0. The average molecular weight is 443 g/mol. The molecule has 2 amide bonds. The molecule has 0 aliphatic heterocycles. The lowest BCUT2D eigenvalue weighted by atomic mass is 10.2. The van der Waals surface area contributed by atoms with Crippen molar-refractivity contribution in [2.24, 2.45) is 0 Å². The van der Waals surface area contributed by atoms with E-state index in [4.69, 9.17) is 32.7 Å². The number of carbonyl (C=O) groups is 2. The molecule has 0 bridgehead atoms. The van der Waals surface area contributed by atoms with Gasteiger partial charge in [0.2, 0.25) is 11.8 Å². The highest BCUT2D eigenvalue weighted by atomic mass is 35.5. The van der Waals surface area contributed by atoms with Crippen LogP contribution in [0.4, 0.5) is 11.4 Å². The van der Waals surface area contributed by atoms with Crippen LogP contribution < -0.4 is 20.1 Å². The summed E-state index contributed by atoms with van der Waals surface area (Å²) in [5, 5.41) is 6.52. The van der Waals surface area contributed by atoms with Gasteiger partial charge in [0, 0.05) is 16.1 Å². The predicted molar refractivity (Wildman–Crippen MR) is 115 cm³/mol. The van der Waals surface area contributed by atoms with Gasteiger partial charge in [0.15, 0.2) is 0 Å². The second-order valence-corrected chi connectivity index (χ2v) is 7.56. The molecule has 0 aromatic heterocycles. The second-order valence-electron chi connectivity index (χ2n) is 5.74. The maximum Gasteiger partial charge on any atom is 0.234 e. The van der Waals surface area contributed by atoms with E-state index in [1.54, 1.807) is 30.3 Å². The number of methoxy groups -OCH3 is 2. The summed E-state index contributed by atoms with van der Waals surface area (Å²) in [4.78, 5) is 24.3. The van der Waals surface area contributed by atoms with Crippen LogP contribution in [0.25, 0.3) is 0 Å². The molecule has 0 heterocycles. The molecule has 0 atom stereocenters. The summed E-state index contributed by atoms with van der Waals surface area (Å²) < 4.78 is 10.4. The Hall–Kier alpha value is -2.09. The van der Waals surface area contributed by atoms with Gasteiger partial charge in [0.25, 0.3) is 0 Å². The Bertz CT molecular complexity index is 877. The van der Waals surface area contributed by atoms with E-state index >= 15 is 0 Å². The number of rotatable bonds is 8. The molecule has 2 N–H and O–H groups in total. The number of hydrogen-bond acceptors (Lipinski definition) is 5. The van der Waals surface area contributed by atoms with Gasteiger partial charge >= 0.3 is 0 Å². The quantitative estimate of drug-likeness (QED) is 0.622. The lowest BCUT2D eigenvalue weighted by molar-refractivity contribution is -0.114. The fraction of sp³-hybridized carbons (Fsp3) is 0.263. The van der Waals surface area contributed by atoms with Crippen molar-refractivity contribution in [3.05, 3.63) is 45.9 Å².